The Morgan fingerprint density at radius 3 is 2.68 bits per heavy atom. The molecule has 0 aromatic heterocycles. The zero-order valence-corrected chi connectivity index (χ0v) is 20.6. The van der Waals surface area contributed by atoms with E-state index in [-0.39, 0.29) is 18.2 Å². The summed E-state index contributed by atoms with van der Waals surface area (Å²) < 4.78 is 12.2. The predicted octanol–water partition coefficient (Wildman–Crippen LogP) is 2.90. The lowest BCUT2D eigenvalue weighted by molar-refractivity contribution is -0.139. The molecule has 8 heteroatoms. The molecule has 0 aliphatic heterocycles. The topological polar surface area (TPSA) is 88.1 Å². The van der Waals surface area contributed by atoms with Gasteiger partial charge in [-0.1, -0.05) is 25.5 Å². The molecule has 2 amide bonds. The maximum atomic E-state index is 13.0. The normalized spacial score (nSPS) is 20.7. The summed E-state index contributed by atoms with van der Waals surface area (Å²) in [7, 11) is 1.58. The first-order valence-electron chi connectivity index (χ1n) is 10.8. The van der Waals surface area contributed by atoms with Crippen LogP contribution >= 0.6 is 22.6 Å². The molecule has 0 spiro atoms. The van der Waals surface area contributed by atoms with Gasteiger partial charge in [0.15, 0.2) is 0 Å². The second kappa shape index (κ2) is 13.0. The summed E-state index contributed by atoms with van der Waals surface area (Å²) in [6.45, 7) is 5.08. The maximum absolute atomic E-state index is 13.0. The average molecular weight is 544 g/mol. The molecule has 1 aliphatic carbocycles. The molecule has 0 bridgehead atoms. The number of para-hydroxylation sites is 1. The zero-order chi connectivity index (χ0) is 22.8. The number of rotatable bonds is 11. The summed E-state index contributed by atoms with van der Waals surface area (Å²) in [4.78, 5) is 27.3. The molecule has 0 unspecified atom stereocenters. The van der Waals surface area contributed by atoms with Crippen LogP contribution in [0.2, 0.25) is 0 Å². The number of nitrogens with zero attached hydrogens (tertiary/aromatic N) is 1. The number of carbonyl (C=O) groups excluding carboxylic acids is 2. The standard InChI is InChI=1S/C23H33IN2O5/c1-4-6-11-21(27)26(12-13-30-3)18-14-16(23(29)25-5-2)15-20(22(18)28)31-19-10-8-7-9-17(19)24/h7-10,15,18,20,22,28H,4-6,11-14H2,1-3H3,(H,25,29)/t18-,20+,22+/m1/s1. The molecule has 1 aromatic rings. The second-order valence-corrected chi connectivity index (χ2v) is 8.67. The number of nitrogens with one attached hydrogen (secondary N) is 1. The number of methoxy groups -OCH3 is 1. The average Bonchev–Trinajstić information content (AvgIpc) is 2.76. The first-order chi connectivity index (χ1) is 14.9. The Labute approximate surface area is 198 Å². The lowest BCUT2D eigenvalue weighted by atomic mass is 9.88. The zero-order valence-electron chi connectivity index (χ0n) is 18.5. The van der Waals surface area contributed by atoms with E-state index in [0.717, 1.165) is 16.4 Å². The van der Waals surface area contributed by atoms with Gasteiger partial charge in [0.05, 0.1) is 16.2 Å². The quantitative estimate of drug-likeness (QED) is 0.419. The number of halogens is 1. The van der Waals surface area contributed by atoms with Crippen molar-refractivity contribution in [1.82, 2.24) is 10.2 Å². The highest BCUT2D eigenvalue weighted by Gasteiger charge is 2.40. The molecule has 2 rings (SSSR count). The molecular formula is C23H33IN2O5. The summed E-state index contributed by atoms with van der Waals surface area (Å²) >= 11 is 2.17. The van der Waals surface area contributed by atoms with Crippen LogP contribution in [0.3, 0.4) is 0 Å². The Hall–Kier alpha value is -1.65. The summed E-state index contributed by atoms with van der Waals surface area (Å²) in [6, 6.07) is 6.93. The second-order valence-electron chi connectivity index (χ2n) is 7.51. The fourth-order valence-electron chi connectivity index (χ4n) is 3.59. The molecule has 1 aromatic carbocycles. The number of hydrogen-bond acceptors (Lipinski definition) is 5. The third-order valence-electron chi connectivity index (χ3n) is 5.26. The predicted molar refractivity (Wildman–Crippen MR) is 128 cm³/mol. The molecule has 172 valence electrons. The van der Waals surface area contributed by atoms with Crippen molar-refractivity contribution in [2.45, 2.75) is 57.8 Å². The van der Waals surface area contributed by atoms with Crippen molar-refractivity contribution in [1.29, 1.82) is 0 Å². The molecule has 0 radical (unpaired) electrons. The molecule has 0 fully saturated rings. The third kappa shape index (κ3) is 7.18. The monoisotopic (exact) mass is 544 g/mol. The van der Waals surface area contributed by atoms with Crippen molar-refractivity contribution in [2.24, 2.45) is 0 Å². The molecule has 1 aliphatic rings. The number of amides is 2. The first-order valence-corrected chi connectivity index (χ1v) is 11.9. The smallest absolute Gasteiger partial charge is 0.247 e. The number of ether oxygens (including phenoxy) is 2. The third-order valence-corrected chi connectivity index (χ3v) is 6.15. The fourth-order valence-corrected chi connectivity index (χ4v) is 4.11. The highest BCUT2D eigenvalue weighted by atomic mass is 127. The lowest BCUT2D eigenvalue weighted by Gasteiger charge is -2.40. The molecule has 31 heavy (non-hydrogen) atoms. The minimum atomic E-state index is -0.975. The number of aliphatic hydroxyl groups excluding tert-OH is 1. The van der Waals surface area contributed by atoms with Gasteiger partial charge in [-0.2, -0.15) is 0 Å². The van der Waals surface area contributed by atoms with Gasteiger partial charge in [-0.25, -0.2) is 0 Å². The van der Waals surface area contributed by atoms with Crippen molar-refractivity contribution in [3.05, 3.63) is 39.5 Å². The van der Waals surface area contributed by atoms with Crippen LogP contribution < -0.4 is 10.1 Å². The van der Waals surface area contributed by atoms with Crippen molar-refractivity contribution in [3.8, 4) is 5.75 Å². The highest BCUT2D eigenvalue weighted by Crippen LogP contribution is 2.30. The summed E-state index contributed by atoms with van der Waals surface area (Å²) in [5, 5.41) is 14.0. The van der Waals surface area contributed by atoms with Gasteiger partial charge in [-0.05, 0) is 54.1 Å². The Kier molecular flexibility index (Phi) is 10.8. The van der Waals surface area contributed by atoms with Crippen LogP contribution in [0.25, 0.3) is 0 Å². The fraction of sp³-hybridized carbons (Fsp3) is 0.565. The van der Waals surface area contributed by atoms with Crippen LogP contribution in [0.5, 0.6) is 5.75 Å². The minimum absolute atomic E-state index is 0.0480. The Morgan fingerprint density at radius 2 is 2.03 bits per heavy atom. The molecular weight excluding hydrogens is 511 g/mol. The van der Waals surface area contributed by atoms with Crippen LogP contribution in [-0.2, 0) is 14.3 Å². The Morgan fingerprint density at radius 1 is 1.29 bits per heavy atom. The van der Waals surface area contributed by atoms with E-state index in [1.165, 1.54) is 0 Å². The summed E-state index contributed by atoms with van der Waals surface area (Å²) in [6.07, 6.45) is 2.28. The van der Waals surface area contributed by atoms with Gasteiger partial charge in [0, 0.05) is 38.6 Å². The Bertz CT molecular complexity index is 770. The Balaban J connectivity index is 2.36. The van der Waals surface area contributed by atoms with Gasteiger partial charge < -0.3 is 24.8 Å². The van der Waals surface area contributed by atoms with Gasteiger partial charge in [-0.3, -0.25) is 9.59 Å². The van der Waals surface area contributed by atoms with E-state index < -0.39 is 18.2 Å². The molecule has 0 saturated heterocycles. The van der Waals surface area contributed by atoms with Gasteiger partial charge in [0.1, 0.15) is 18.0 Å². The van der Waals surface area contributed by atoms with Gasteiger partial charge in [0.2, 0.25) is 11.8 Å². The van der Waals surface area contributed by atoms with Crippen LogP contribution in [0.4, 0.5) is 0 Å². The van der Waals surface area contributed by atoms with E-state index in [9.17, 15) is 14.7 Å². The number of hydrogen-bond donors (Lipinski definition) is 2. The van der Waals surface area contributed by atoms with Crippen molar-refractivity contribution in [2.75, 3.05) is 26.8 Å². The van der Waals surface area contributed by atoms with E-state index >= 15 is 0 Å². The lowest BCUT2D eigenvalue weighted by Crippen LogP contribution is -2.55. The van der Waals surface area contributed by atoms with Crippen molar-refractivity contribution >= 4 is 34.4 Å². The first kappa shape index (κ1) is 25.6. The van der Waals surface area contributed by atoms with Crippen molar-refractivity contribution < 1.29 is 24.2 Å². The van der Waals surface area contributed by atoms with Crippen LogP contribution in [0.1, 0.15) is 39.5 Å². The number of likely N-dealkylation sites (N-methyl/N-ethyl adjacent to an activating group) is 1. The van der Waals surface area contributed by atoms with E-state index in [0.29, 0.717) is 37.4 Å². The molecule has 0 saturated carbocycles. The summed E-state index contributed by atoms with van der Waals surface area (Å²) in [5.41, 5.74) is 0.513. The SMILES string of the molecule is CCCCC(=O)N(CCOC)[C@@H]1CC(C(=O)NCC)=C[C@H](Oc2ccccc2I)[C@H]1O. The van der Waals surface area contributed by atoms with Gasteiger partial charge in [0.25, 0.3) is 0 Å². The molecule has 0 heterocycles. The van der Waals surface area contributed by atoms with E-state index in [1.54, 1.807) is 18.1 Å². The van der Waals surface area contributed by atoms with Crippen LogP contribution in [0.15, 0.2) is 35.9 Å². The van der Waals surface area contributed by atoms with Gasteiger partial charge >= 0.3 is 0 Å². The van der Waals surface area contributed by atoms with Crippen molar-refractivity contribution in [3.63, 3.8) is 0 Å². The van der Waals surface area contributed by atoms with Crippen LogP contribution in [-0.4, -0.2) is 66.9 Å². The van der Waals surface area contributed by atoms with E-state index in [2.05, 4.69) is 27.9 Å². The molecule has 7 nitrogen and oxygen atoms in total. The molecule has 3 atom stereocenters. The maximum Gasteiger partial charge on any atom is 0.247 e. The minimum Gasteiger partial charge on any atom is -0.482 e. The number of aliphatic hydroxyl groups is 1. The largest absolute Gasteiger partial charge is 0.482 e. The molecule has 2 N–H and O–H groups in total. The number of carbonyl (C=O) groups is 2. The summed E-state index contributed by atoms with van der Waals surface area (Å²) in [5.74, 6) is 0.372. The number of unbranched alkanes of at least 4 members (excludes halogenated alkanes) is 1. The highest BCUT2D eigenvalue weighted by molar-refractivity contribution is 14.1. The van der Waals surface area contributed by atoms with E-state index in [1.807, 2.05) is 38.1 Å². The number of benzene rings is 1. The van der Waals surface area contributed by atoms with E-state index in [4.69, 9.17) is 9.47 Å². The van der Waals surface area contributed by atoms with Gasteiger partial charge in [-0.15, -0.1) is 0 Å². The van der Waals surface area contributed by atoms with Crippen LogP contribution in [0, 0.1) is 3.57 Å².